The number of benzene rings is 3. The summed E-state index contributed by atoms with van der Waals surface area (Å²) in [6, 6.07) is 26.4. The number of hydrogen-bond acceptors (Lipinski definition) is 6. The number of esters is 1. The lowest BCUT2D eigenvalue weighted by Gasteiger charge is -2.31. The van der Waals surface area contributed by atoms with Gasteiger partial charge in [0.25, 0.3) is 5.91 Å². The van der Waals surface area contributed by atoms with Gasteiger partial charge in [0.05, 0.1) is 36.0 Å². The van der Waals surface area contributed by atoms with Gasteiger partial charge in [-0.3, -0.25) is 24.3 Å². The van der Waals surface area contributed by atoms with Crippen molar-refractivity contribution in [2.45, 2.75) is 24.6 Å². The summed E-state index contributed by atoms with van der Waals surface area (Å²) < 4.78 is 5.85. The van der Waals surface area contributed by atoms with E-state index in [1.165, 1.54) is 11.2 Å². The summed E-state index contributed by atoms with van der Waals surface area (Å²) >= 11 is 0. The van der Waals surface area contributed by atoms with Crippen LogP contribution in [-0.2, 0) is 25.7 Å². The van der Waals surface area contributed by atoms with Crippen molar-refractivity contribution in [1.82, 2.24) is 4.90 Å². The van der Waals surface area contributed by atoms with Crippen molar-refractivity contribution in [2.75, 3.05) is 4.90 Å². The molecule has 4 atom stereocenters. The third-order valence-electron chi connectivity index (χ3n) is 7.34. The summed E-state index contributed by atoms with van der Waals surface area (Å²) in [5.41, 5.74) is -0.0732. The number of para-hydroxylation sites is 1. The summed E-state index contributed by atoms with van der Waals surface area (Å²) in [5.74, 6) is -3.91. The van der Waals surface area contributed by atoms with Gasteiger partial charge in [0.15, 0.2) is 5.54 Å². The van der Waals surface area contributed by atoms with E-state index in [2.05, 4.69) is 4.99 Å². The summed E-state index contributed by atoms with van der Waals surface area (Å²) in [5, 5.41) is 0. The number of ether oxygens (including phenoxy) is 1. The number of fused-ring (bicyclic) bond motifs is 2. The van der Waals surface area contributed by atoms with Gasteiger partial charge >= 0.3 is 5.97 Å². The van der Waals surface area contributed by atoms with Gasteiger partial charge in [0, 0.05) is 0 Å². The van der Waals surface area contributed by atoms with Crippen LogP contribution in [-0.4, -0.2) is 46.6 Å². The number of rotatable bonds is 5. The van der Waals surface area contributed by atoms with Gasteiger partial charge in [0.1, 0.15) is 6.10 Å². The molecule has 2 fully saturated rings. The van der Waals surface area contributed by atoms with Gasteiger partial charge < -0.3 is 4.74 Å². The van der Waals surface area contributed by atoms with Crippen molar-refractivity contribution < 1.29 is 23.9 Å². The second-order valence-corrected chi connectivity index (χ2v) is 9.42. The molecule has 8 nitrogen and oxygen atoms in total. The maximum Gasteiger partial charge on any atom is 0.338 e. The van der Waals surface area contributed by atoms with E-state index in [1.54, 1.807) is 60.7 Å². The minimum atomic E-state index is -1.71. The zero-order chi connectivity index (χ0) is 25.6. The summed E-state index contributed by atoms with van der Waals surface area (Å²) in [6.45, 7) is 0.242. The van der Waals surface area contributed by atoms with Crippen LogP contribution in [0.1, 0.15) is 22.3 Å². The van der Waals surface area contributed by atoms with Crippen LogP contribution in [0.2, 0.25) is 0 Å². The molecule has 6 rings (SSSR count). The molecule has 2 unspecified atom stereocenters. The molecule has 1 saturated heterocycles. The molecule has 0 radical (unpaired) electrons. The number of amides is 3. The first kappa shape index (κ1) is 22.8. The fourth-order valence-corrected chi connectivity index (χ4v) is 5.64. The lowest BCUT2D eigenvalue weighted by atomic mass is 9.83. The highest BCUT2D eigenvalue weighted by atomic mass is 16.5. The molecule has 0 aromatic heterocycles. The standard InChI is InChI=1S/C29H23N3O5/c33-25-22-16-23(37-27(35)20-12-6-2-7-13-20)29(24(22)26(34)32(25)21-14-8-3-9-15-21)28(36)31(18-30-29)17-19-10-4-1-5-11-19/h1-15,18,22-24H,16-17H2/t22?,23-,24?,29-/m0/s1. The molecule has 3 aliphatic rings. The van der Waals surface area contributed by atoms with Gasteiger partial charge in [-0.2, -0.15) is 0 Å². The first-order valence-electron chi connectivity index (χ1n) is 12.1. The zero-order valence-corrected chi connectivity index (χ0v) is 19.8. The van der Waals surface area contributed by atoms with Crippen LogP contribution in [0.3, 0.4) is 0 Å². The largest absolute Gasteiger partial charge is 0.456 e. The Bertz CT molecular complexity index is 1410. The van der Waals surface area contributed by atoms with E-state index in [9.17, 15) is 19.2 Å². The Morgan fingerprint density at radius 3 is 2.16 bits per heavy atom. The van der Waals surface area contributed by atoms with Crippen LogP contribution < -0.4 is 4.90 Å². The highest BCUT2D eigenvalue weighted by Crippen LogP contribution is 2.53. The van der Waals surface area contributed by atoms with Crippen molar-refractivity contribution in [2.24, 2.45) is 16.8 Å². The maximum absolute atomic E-state index is 14.0. The number of imide groups is 1. The number of anilines is 1. The minimum Gasteiger partial charge on any atom is -0.456 e. The molecule has 3 aromatic rings. The van der Waals surface area contributed by atoms with Crippen LogP contribution in [0.25, 0.3) is 0 Å². The number of hydrogen-bond donors (Lipinski definition) is 0. The topological polar surface area (TPSA) is 96.3 Å². The van der Waals surface area contributed by atoms with Crippen molar-refractivity contribution >= 4 is 35.7 Å². The van der Waals surface area contributed by atoms with E-state index in [1.807, 2.05) is 30.3 Å². The van der Waals surface area contributed by atoms with E-state index in [4.69, 9.17) is 4.74 Å². The Morgan fingerprint density at radius 2 is 1.49 bits per heavy atom. The van der Waals surface area contributed by atoms with Crippen LogP contribution in [0.4, 0.5) is 5.69 Å². The van der Waals surface area contributed by atoms with E-state index in [0.717, 1.165) is 10.5 Å². The first-order valence-corrected chi connectivity index (χ1v) is 12.1. The third kappa shape index (κ3) is 3.56. The summed E-state index contributed by atoms with van der Waals surface area (Å²) in [4.78, 5) is 61.5. The van der Waals surface area contributed by atoms with Crippen LogP contribution in [0.15, 0.2) is 96.0 Å². The third-order valence-corrected chi connectivity index (χ3v) is 7.34. The van der Waals surface area contributed by atoms with Gasteiger partial charge in [-0.25, -0.2) is 9.69 Å². The average molecular weight is 494 g/mol. The maximum atomic E-state index is 14.0. The molecule has 37 heavy (non-hydrogen) atoms. The second-order valence-electron chi connectivity index (χ2n) is 9.42. The highest BCUT2D eigenvalue weighted by Gasteiger charge is 2.72. The van der Waals surface area contributed by atoms with Crippen LogP contribution in [0, 0.1) is 11.8 Å². The van der Waals surface area contributed by atoms with E-state index < -0.39 is 47.2 Å². The first-order chi connectivity index (χ1) is 18.0. The molecule has 1 spiro atoms. The molecule has 1 saturated carbocycles. The Hall–Kier alpha value is -4.59. The van der Waals surface area contributed by atoms with E-state index in [0.29, 0.717) is 11.3 Å². The van der Waals surface area contributed by atoms with Crippen molar-refractivity contribution in [3.05, 3.63) is 102 Å². The number of carbonyl (C=O) groups is 4. The number of nitrogens with zero attached hydrogens (tertiary/aromatic N) is 3. The average Bonchev–Trinajstić information content (AvgIpc) is 3.52. The molecule has 2 heterocycles. The normalized spacial score (nSPS) is 26.3. The monoisotopic (exact) mass is 493 g/mol. The highest BCUT2D eigenvalue weighted by molar-refractivity contribution is 6.25. The molecular weight excluding hydrogens is 470 g/mol. The molecule has 8 heteroatoms. The fraction of sp³-hybridized carbons (Fsp3) is 0.207. The Kier molecular flexibility index (Phi) is 5.44. The SMILES string of the molecule is O=C(O[C@H]1CC2C(=O)N(c3ccccc3)C(=O)C2[C@@]12N=CN(Cc1ccccc1)C2=O)c1ccccc1. The molecular formula is C29H23N3O5. The summed E-state index contributed by atoms with van der Waals surface area (Å²) in [6.07, 6.45) is 0.370. The lowest BCUT2D eigenvalue weighted by Crippen LogP contribution is -2.55. The van der Waals surface area contributed by atoms with Gasteiger partial charge in [0.2, 0.25) is 11.8 Å². The number of carbonyl (C=O) groups excluding carboxylic acids is 4. The quantitative estimate of drug-likeness (QED) is 0.402. The molecule has 0 bridgehead atoms. The smallest absolute Gasteiger partial charge is 0.338 e. The molecule has 2 aliphatic heterocycles. The second kappa shape index (κ2) is 8.81. The lowest BCUT2D eigenvalue weighted by molar-refractivity contribution is -0.140. The summed E-state index contributed by atoms with van der Waals surface area (Å²) in [7, 11) is 0. The predicted octanol–water partition coefficient (Wildman–Crippen LogP) is 3.23. The zero-order valence-electron chi connectivity index (χ0n) is 19.8. The number of aliphatic imine (C=N–C) groups is 1. The molecule has 3 amide bonds. The molecule has 0 N–H and O–H groups in total. The van der Waals surface area contributed by atoms with Gasteiger partial charge in [-0.1, -0.05) is 66.7 Å². The molecule has 1 aliphatic carbocycles. The van der Waals surface area contributed by atoms with Crippen LogP contribution >= 0.6 is 0 Å². The molecule has 184 valence electrons. The van der Waals surface area contributed by atoms with E-state index in [-0.39, 0.29) is 13.0 Å². The van der Waals surface area contributed by atoms with Gasteiger partial charge in [-0.15, -0.1) is 0 Å². The Labute approximate surface area is 213 Å². The van der Waals surface area contributed by atoms with Crippen molar-refractivity contribution in [1.29, 1.82) is 0 Å². The fourth-order valence-electron chi connectivity index (χ4n) is 5.64. The van der Waals surface area contributed by atoms with Crippen LogP contribution in [0.5, 0.6) is 0 Å². The van der Waals surface area contributed by atoms with Crippen molar-refractivity contribution in [3.8, 4) is 0 Å². The molecule has 3 aromatic carbocycles. The van der Waals surface area contributed by atoms with E-state index >= 15 is 0 Å². The van der Waals surface area contributed by atoms with Gasteiger partial charge in [-0.05, 0) is 36.2 Å². The Balaban J connectivity index is 1.37. The Morgan fingerprint density at radius 1 is 0.865 bits per heavy atom. The predicted molar refractivity (Wildman–Crippen MR) is 134 cm³/mol. The minimum absolute atomic E-state index is 0.0272. The van der Waals surface area contributed by atoms with Crippen molar-refractivity contribution in [3.63, 3.8) is 0 Å².